The molecule has 0 radical (unpaired) electrons. The average Bonchev–Trinajstić information content (AvgIpc) is 2.33. The number of rotatable bonds is 2. The Hall–Kier alpha value is -0.0400. The largest absolute Gasteiger partial charge is 0.295 e. The molecule has 1 aliphatic rings. The molecule has 11 heavy (non-hydrogen) atoms. The summed E-state index contributed by atoms with van der Waals surface area (Å²) in [6.07, 6.45) is 1.32. The molecule has 1 saturated heterocycles. The molecule has 1 rings (SSSR count). The van der Waals surface area contributed by atoms with Crippen molar-refractivity contribution in [2.24, 2.45) is 5.41 Å². The van der Waals surface area contributed by atoms with Crippen LogP contribution < -0.4 is 0 Å². The summed E-state index contributed by atoms with van der Waals surface area (Å²) in [6.45, 7) is 14.1. The molecule has 0 aromatic carbocycles. The molecule has 0 amide bonds. The minimum absolute atomic E-state index is 0.499. The Balaban J connectivity index is 2.16. The van der Waals surface area contributed by atoms with Gasteiger partial charge in [0.2, 0.25) is 0 Å². The summed E-state index contributed by atoms with van der Waals surface area (Å²) >= 11 is 0. The van der Waals surface area contributed by atoms with Crippen LogP contribution in [0.15, 0.2) is 0 Å². The predicted octanol–water partition coefficient (Wildman–Crippen LogP) is 2.52. The maximum atomic E-state index is 2.54. The van der Waals surface area contributed by atoms with Crippen LogP contribution in [0.5, 0.6) is 0 Å². The second-order valence-corrected chi connectivity index (χ2v) is 5.54. The van der Waals surface area contributed by atoms with Crippen molar-refractivity contribution in [1.82, 2.24) is 4.90 Å². The molecule has 1 heteroatoms. The third-order valence-corrected chi connectivity index (χ3v) is 2.46. The molecule has 1 heterocycles. The quantitative estimate of drug-likeness (QED) is 0.554. The van der Waals surface area contributed by atoms with Crippen molar-refractivity contribution in [1.29, 1.82) is 0 Å². The van der Waals surface area contributed by atoms with Gasteiger partial charge in [-0.15, -0.1) is 0 Å². The molecule has 1 fully saturated rings. The lowest BCUT2D eigenvalue weighted by molar-refractivity contribution is 0.317. The van der Waals surface area contributed by atoms with Gasteiger partial charge < -0.3 is 0 Å². The first kappa shape index (κ1) is 9.05. The Bertz CT molecular complexity index is 141. The summed E-state index contributed by atoms with van der Waals surface area (Å²) in [5, 5.41) is 0. The van der Waals surface area contributed by atoms with Crippen LogP contribution in [0.1, 0.15) is 41.0 Å². The van der Waals surface area contributed by atoms with Crippen molar-refractivity contribution in [3.05, 3.63) is 0 Å². The summed E-state index contributed by atoms with van der Waals surface area (Å²) in [4.78, 5) is 2.54. The fourth-order valence-corrected chi connectivity index (χ4v) is 1.28. The fourth-order valence-electron chi connectivity index (χ4n) is 1.28. The molecule has 66 valence electrons. The van der Waals surface area contributed by atoms with E-state index >= 15 is 0 Å². The summed E-state index contributed by atoms with van der Waals surface area (Å²) < 4.78 is 0. The molecule has 0 spiro atoms. The van der Waals surface area contributed by atoms with E-state index in [4.69, 9.17) is 0 Å². The molecule has 0 aromatic heterocycles. The molecule has 0 aliphatic carbocycles. The lowest BCUT2D eigenvalue weighted by Gasteiger charge is -2.18. The van der Waals surface area contributed by atoms with Crippen molar-refractivity contribution < 1.29 is 0 Å². The van der Waals surface area contributed by atoms with Crippen molar-refractivity contribution >= 4 is 0 Å². The van der Waals surface area contributed by atoms with Crippen molar-refractivity contribution in [3.63, 3.8) is 0 Å². The van der Waals surface area contributed by atoms with Crippen LogP contribution in [0.4, 0.5) is 0 Å². The van der Waals surface area contributed by atoms with E-state index in [0.717, 1.165) is 0 Å². The summed E-state index contributed by atoms with van der Waals surface area (Å²) in [5.41, 5.74) is 1.02. The number of nitrogens with zero attached hydrogens (tertiary/aromatic N) is 1. The zero-order chi connectivity index (χ0) is 8.70. The molecule has 1 aliphatic heterocycles. The van der Waals surface area contributed by atoms with Gasteiger partial charge in [0.1, 0.15) is 0 Å². The maximum Gasteiger partial charge on any atom is 0.0281 e. The molecule has 0 N–H and O–H groups in total. The van der Waals surface area contributed by atoms with E-state index in [1.165, 1.54) is 19.5 Å². The highest BCUT2D eigenvalue weighted by Crippen LogP contribution is 2.32. The molecule has 1 atom stereocenters. The second kappa shape index (κ2) is 2.48. The van der Waals surface area contributed by atoms with Gasteiger partial charge in [0.05, 0.1) is 0 Å². The summed E-state index contributed by atoms with van der Waals surface area (Å²) in [5.74, 6) is 0. The third-order valence-electron chi connectivity index (χ3n) is 2.46. The van der Waals surface area contributed by atoms with Crippen molar-refractivity contribution in [2.75, 3.05) is 13.1 Å². The van der Waals surface area contributed by atoms with Crippen molar-refractivity contribution in [3.8, 4) is 0 Å². The lowest BCUT2D eigenvalue weighted by Crippen LogP contribution is -2.16. The van der Waals surface area contributed by atoms with E-state index in [2.05, 4.69) is 39.5 Å². The van der Waals surface area contributed by atoms with Crippen LogP contribution in [0.2, 0.25) is 0 Å². The number of hydrogen-bond donors (Lipinski definition) is 0. The first-order valence-corrected chi connectivity index (χ1v) is 4.56. The smallest absolute Gasteiger partial charge is 0.0281 e. The molecule has 0 aromatic rings. The van der Waals surface area contributed by atoms with Gasteiger partial charge in [-0.3, -0.25) is 4.90 Å². The zero-order valence-electron chi connectivity index (χ0n) is 8.57. The molecular formula is C10H21N. The molecule has 0 saturated carbocycles. The molecule has 1 nitrogen and oxygen atoms in total. The van der Waals surface area contributed by atoms with E-state index in [1.54, 1.807) is 0 Å². The van der Waals surface area contributed by atoms with Crippen LogP contribution in [0.3, 0.4) is 0 Å². The molecule has 0 bridgehead atoms. The minimum atomic E-state index is 0.499. The van der Waals surface area contributed by atoms with Gasteiger partial charge in [-0.1, -0.05) is 20.8 Å². The van der Waals surface area contributed by atoms with E-state index in [1.807, 2.05) is 0 Å². The molecular weight excluding hydrogens is 134 g/mol. The summed E-state index contributed by atoms with van der Waals surface area (Å²) in [6, 6.07) is 0. The Morgan fingerprint density at radius 3 is 2.00 bits per heavy atom. The SMILES string of the molecule is CC(C)(C)CCN1CC1(C)C. The van der Waals surface area contributed by atoms with Gasteiger partial charge in [-0.05, 0) is 32.2 Å². The third kappa shape index (κ3) is 2.82. The van der Waals surface area contributed by atoms with E-state index < -0.39 is 0 Å². The van der Waals surface area contributed by atoms with Crippen LogP contribution >= 0.6 is 0 Å². The van der Waals surface area contributed by atoms with E-state index in [0.29, 0.717) is 11.0 Å². The second-order valence-electron chi connectivity index (χ2n) is 5.54. The highest BCUT2D eigenvalue weighted by atomic mass is 15.3. The topological polar surface area (TPSA) is 3.01 Å². The van der Waals surface area contributed by atoms with E-state index in [9.17, 15) is 0 Å². The predicted molar refractivity (Wildman–Crippen MR) is 49.7 cm³/mol. The Kier molecular flexibility index (Phi) is 2.04. The maximum absolute atomic E-state index is 2.54. The minimum Gasteiger partial charge on any atom is -0.295 e. The summed E-state index contributed by atoms with van der Waals surface area (Å²) in [7, 11) is 0. The highest BCUT2D eigenvalue weighted by molar-refractivity contribution is 4.99. The molecule has 1 unspecified atom stereocenters. The average molecular weight is 155 g/mol. The Morgan fingerprint density at radius 1 is 1.27 bits per heavy atom. The Labute approximate surface area is 70.8 Å². The van der Waals surface area contributed by atoms with Crippen LogP contribution in [0.25, 0.3) is 0 Å². The van der Waals surface area contributed by atoms with E-state index in [-0.39, 0.29) is 0 Å². The first-order chi connectivity index (χ1) is 4.81. The van der Waals surface area contributed by atoms with Gasteiger partial charge in [-0.25, -0.2) is 0 Å². The fraction of sp³-hybridized carbons (Fsp3) is 1.00. The van der Waals surface area contributed by atoms with Crippen molar-refractivity contribution in [2.45, 2.75) is 46.6 Å². The standard InChI is InChI=1S/C10H21N/c1-9(2,3)6-7-11-8-10(11,4)5/h6-8H2,1-5H3. The van der Waals surface area contributed by atoms with Gasteiger partial charge in [0, 0.05) is 12.1 Å². The Morgan fingerprint density at radius 2 is 1.73 bits per heavy atom. The monoisotopic (exact) mass is 155 g/mol. The number of hydrogen-bond acceptors (Lipinski definition) is 1. The first-order valence-electron chi connectivity index (χ1n) is 4.56. The van der Waals surface area contributed by atoms with Crippen LogP contribution in [-0.4, -0.2) is 23.5 Å². The normalized spacial score (nSPS) is 28.6. The van der Waals surface area contributed by atoms with Crippen LogP contribution in [0, 0.1) is 5.41 Å². The zero-order valence-corrected chi connectivity index (χ0v) is 8.57. The van der Waals surface area contributed by atoms with Gasteiger partial charge in [0.25, 0.3) is 0 Å². The highest BCUT2D eigenvalue weighted by Gasteiger charge is 2.42. The van der Waals surface area contributed by atoms with Gasteiger partial charge in [-0.2, -0.15) is 0 Å². The van der Waals surface area contributed by atoms with Crippen LogP contribution in [-0.2, 0) is 0 Å². The van der Waals surface area contributed by atoms with Gasteiger partial charge >= 0.3 is 0 Å². The lowest BCUT2D eigenvalue weighted by atomic mass is 9.92. The van der Waals surface area contributed by atoms with Gasteiger partial charge in [0.15, 0.2) is 0 Å².